The van der Waals surface area contributed by atoms with E-state index in [4.69, 9.17) is 27.9 Å². The zero-order valence-electron chi connectivity index (χ0n) is 14.7. The summed E-state index contributed by atoms with van der Waals surface area (Å²) in [6.07, 6.45) is 0. The minimum atomic E-state index is -0.680. The molecule has 27 heavy (non-hydrogen) atoms. The Morgan fingerprint density at radius 2 is 1.89 bits per heavy atom. The molecular formula is C20H16Cl2N2O3. The second-order valence-electron chi connectivity index (χ2n) is 5.82. The maximum Gasteiger partial charge on any atom is 0.343 e. The Kier molecular flexibility index (Phi) is 5.63. The van der Waals surface area contributed by atoms with Crippen LogP contribution in [0.2, 0.25) is 10.0 Å². The van der Waals surface area contributed by atoms with E-state index in [0.717, 1.165) is 5.56 Å². The standard InChI is InChI=1S/C20H16Cl2N2O3/c1-11(25)18(20(26)27-2)17-10-23-19(13-5-3-4-6-15(13)22)14-9-12(21)7-8-16(14)24-17/h3-9,25H,10H2,1-2H3/b18-11-. The Hall–Kier alpha value is -2.63. The maximum absolute atomic E-state index is 12.1. The zero-order valence-corrected chi connectivity index (χ0v) is 16.2. The summed E-state index contributed by atoms with van der Waals surface area (Å²) < 4.78 is 4.78. The predicted molar refractivity (Wildman–Crippen MR) is 108 cm³/mol. The number of halogens is 2. The summed E-state index contributed by atoms with van der Waals surface area (Å²) in [5.41, 5.74) is 2.87. The Labute approximate surface area is 166 Å². The van der Waals surface area contributed by atoms with Crippen LogP contribution in [-0.4, -0.2) is 36.2 Å². The van der Waals surface area contributed by atoms with Crippen molar-refractivity contribution in [2.75, 3.05) is 13.7 Å². The Morgan fingerprint density at radius 3 is 2.56 bits per heavy atom. The van der Waals surface area contributed by atoms with Gasteiger partial charge < -0.3 is 9.84 Å². The molecule has 1 heterocycles. The number of hydrogen-bond donors (Lipinski definition) is 1. The quantitative estimate of drug-likeness (QED) is 0.449. The van der Waals surface area contributed by atoms with E-state index in [1.165, 1.54) is 14.0 Å². The summed E-state index contributed by atoms with van der Waals surface area (Å²) in [5.74, 6) is -0.867. The number of carbonyl (C=O) groups excluding carboxylic acids is 1. The van der Waals surface area contributed by atoms with Crippen LogP contribution in [0.4, 0.5) is 5.69 Å². The number of aliphatic imine (C=N–C) groups is 2. The van der Waals surface area contributed by atoms with E-state index < -0.39 is 5.97 Å². The van der Waals surface area contributed by atoms with Crippen LogP contribution in [0.25, 0.3) is 0 Å². The van der Waals surface area contributed by atoms with Crippen LogP contribution in [0.15, 0.2) is 63.8 Å². The second-order valence-corrected chi connectivity index (χ2v) is 6.66. The van der Waals surface area contributed by atoms with Crippen molar-refractivity contribution in [3.05, 3.63) is 75.0 Å². The van der Waals surface area contributed by atoms with Gasteiger partial charge in [-0.2, -0.15) is 0 Å². The number of benzene rings is 2. The highest BCUT2D eigenvalue weighted by molar-refractivity contribution is 6.37. The lowest BCUT2D eigenvalue weighted by Crippen LogP contribution is -2.19. The van der Waals surface area contributed by atoms with Gasteiger partial charge in [-0.1, -0.05) is 41.4 Å². The molecule has 0 spiro atoms. The van der Waals surface area contributed by atoms with Gasteiger partial charge in [-0.15, -0.1) is 0 Å². The highest BCUT2D eigenvalue weighted by atomic mass is 35.5. The number of aliphatic hydroxyl groups excluding tert-OH is 1. The van der Waals surface area contributed by atoms with Crippen molar-refractivity contribution >= 4 is 46.3 Å². The number of ether oxygens (including phenoxy) is 1. The van der Waals surface area contributed by atoms with E-state index >= 15 is 0 Å². The van der Waals surface area contributed by atoms with Crippen molar-refractivity contribution in [3.63, 3.8) is 0 Å². The van der Waals surface area contributed by atoms with Crippen LogP contribution in [-0.2, 0) is 9.53 Å². The predicted octanol–water partition coefficient (Wildman–Crippen LogP) is 4.92. The van der Waals surface area contributed by atoms with Crippen LogP contribution in [0, 0.1) is 0 Å². The van der Waals surface area contributed by atoms with Crippen LogP contribution in [0.5, 0.6) is 0 Å². The van der Waals surface area contributed by atoms with Gasteiger partial charge in [0, 0.05) is 21.2 Å². The highest BCUT2D eigenvalue weighted by Gasteiger charge is 2.24. The van der Waals surface area contributed by atoms with E-state index in [1.54, 1.807) is 24.3 Å². The summed E-state index contributed by atoms with van der Waals surface area (Å²) in [5, 5.41) is 11.0. The van der Waals surface area contributed by atoms with Crippen molar-refractivity contribution in [3.8, 4) is 0 Å². The van der Waals surface area contributed by atoms with E-state index in [1.807, 2.05) is 18.2 Å². The smallest absolute Gasteiger partial charge is 0.343 e. The molecule has 0 fully saturated rings. The first kappa shape index (κ1) is 19.1. The van der Waals surface area contributed by atoms with Gasteiger partial charge in [-0.05, 0) is 31.2 Å². The monoisotopic (exact) mass is 402 g/mol. The minimum Gasteiger partial charge on any atom is -0.512 e. The molecule has 0 saturated heterocycles. The lowest BCUT2D eigenvalue weighted by Gasteiger charge is -2.10. The molecule has 0 aliphatic carbocycles. The van der Waals surface area contributed by atoms with Crippen LogP contribution < -0.4 is 0 Å². The molecule has 0 radical (unpaired) electrons. The van der Waals surface area contributed by atoms with Gasteiger partial charge in [0.25, 0.3) is 0 Å². The molecule has 1 aliphatic heterocycles. The summed E-state index contributed by atoms with van der Waals surface area (Å²) in [6.45, 7) is 1.47. The lowest BCUT2D eigenvalue weighted by molar-refractivity contribution is -0.135. The van der Waals surface area contributed by atoms with Crippen LogP contribution in [0.3, 0.4) is 0 Å². The number of aliphatic hydroxyl groups is 1. The van der Waals surface area contributed by atoms with Gasteiger partial charge >= 0.3 is 5.97 Å². The molecule has 5 nitrogen and oxygen atoms in total. The number of fused-ring (bicyclic) bond motifs is 1. The number of hydrogen-bond acceptors (Lipinski definition) is 5. The Morgan fingerprint density at radius 1 is 1.15 bits per heavy atom. The molecule has 0 unspecified atom stereocenters. The summed E-state index contributed by atoms with van der Waals surface area (Å²) in [4.78, 5) is 21.3. The van der Waals surface area contributed by atoms with Gasteiger partial charge in [0.05, 0.1) is 30.8 Å². The summed E-state index contributed by atoms with van der Waals surface area (Å²) >= 11 is 12.5. The molecule has 0 atom stereocenters. The van der Waals surface area contributed by atoms with E-state index in [2.05, 4.69) is 9.98 Å². The van der Waals surface area contributed by atoms with Crippen molar-refractivity contribution in [1.82, 2.24) is 0 Å². The fourth-order valence-electron chi connectivity index (χ4n) is 2.81. The SMILES string of the molecule is COC(=O)/C(C1=Nc2ccc(Cl)cc2C(c2ccccc2Cl)=NC1)=C(/C)O. The number of rotatable bonds is 3. The Bertz CT molecular complexity index is 1010. The molecule has 1 aliphatic rings. The average molecular weight is 403 g/mol. The van der Waals surface area contributed by atoms with Gasteiger partial charge in [0.2, 0.25) is 0 Å². The molecular weight excluding hydrogens is 387 g/mol. The first-order valence-corrected chi connectivity index (χ1v) is 8.83. The van der Waals surface area contributed by atoms with Gasteiger partial charge in [-0.25, -0.2) is 9.79 Å². The van der Waals surface area contributed by atoms with E-state index in [0.29, 0.717) is 32.7 Å². The molecule has 0 amide bonds. The molecule has 7 heteroatoms. The normalized spacial score (nSPS) is 14.4. The van der Waals surface area contributed by atoms with Crippen molar-refractivity contribution in [2.24, 2.45) is 9.98 Å². The summed E-state index contributed by atoms with van der Waals surface area (Å²) in [7, 11) is 1.24. The first-order valence-electron chi connectivity index (χ1n) is 8.07. The molecule has 0 saturated carbocycles. The van der Waals surface area contributed by atoms with Crippen molar-refractivity contribution in [1.29, 1.82) is 0 Å². The second kappa shape index (κ2) is 7.94. The third kappa shape index (κ3) is 3.89. The van der Waals surface area contributed by atoms with E-state index in [-0.39, 0.29) is 17.9 Å². The van der Waals surface area contributed by atoms with Crippen molar-refractivity contribution < 1.29 is 14.6 Å². The highest BCUT2D eigenvalue weighted by Crippen LogP contribution is 2.31. The minimum absolute atomic E-state index is 0.0115. The van der Waals surface area contributed by atoms with Crippen molar-refractivity contribution in [2.45, 2.75) is 6.92 Å². The largest absolute Gasteiger partial charge is 0.512 e. The molecule has 2 aromatic rings. The number of esters is 1. The van der Waals surface area contributed by atoms with Gasteiger partial charge in [0.1, 0.15) is 11.3 Å². The number of carbonyl (C=O) groups is 1. The molecule has 0 aromatic heterocycles. The molecule has 138 valence electrons. The maximum atomic E-state index is 12.1. The van der Waals surface area contributed by atoms with Gasteiger partial charge in [0.15, 0.2) is 0 Å². The third-order valence-electron chi connectivity index (χ3n) is 4.02. The number of methoxy groups -OCH3 is 1. The number of nitrogens with zero attached hydrogens (tertiary/aromatic N) is 2. The average Bonchev–Trinajstić information content (AvgIpc) is 2.81. The Balaban J connectivity index is 2.23. The number of allylic oxidation sites excluding steroid dienone is 1. The molecule has 2 aromatic carbocycles. The van der Waals surface area contributed by atoms with Crippen LogP contribution in [0.1, 0.15) is 18.1 Å². The fourth-order valence-corrected chi connectivity index (χ4v) is 3.21. The molecule has 3 rings (SSSR count). The molecule has 1 N–H and O–H groups in total. The third-order valence-corrected chi connectivity index (χ3v) is 4.59. The lowest BCUT2D eigenvalue weighted by atomic mass is 10.0. The van der Waals surface area contributed by atoms with Crippen LogP contribution >= 0.6 is 23.2 Å². The van der Waals surface area contributed by atoms with Gasteiger partial charge in [-0.3, -0.25) is 4.99 Å². The fraction of sp³-hybridized carbons (Fsp3) is 0.150. The summed E-state index contributed by atoms with van der Waals surface area (Å²) in [6, 6.07) is 12.5. The van der Waals surface area contributed by atoms with E-state index in [9.17, 15) is 9.90 Å². The molecule has 0 bridgehead atoms. The zero-order chi connectivity index (χ0) is 19.6. The topological polar surface area (TPSA) is 71.2 Å². The first-order chi connectivity index (χ1) is 12.9.